The van der Waals surface area contributed by atoms with E-state index in [4.69, 9.17) is 13.9 Å². The molecular weight excluding hydrogens is 374 g/mol. The summed E-state index contributed by atoms with van der Waals surface area (Å²) in [5.74, 6) is 0.875. The Labute approximate surface area is 173 Å². The van der Waals surface area contributed by atoms with Gasteiger partial charge in [-0.1, -0.05) is 25.7 Å². The van der Waals surface area contributed by atoms with E-state index in [0.29, 0.717) is 44.5 Å². The van der Waals surface area contributed by atoms with Crippen LogP contribution in [-0.4, -0.2) is 62.2 Å². The average molecular weight is 410 g/mol. The van der Waals surface area contributed by atoms with E-state index in [1.807, 2.05) is 0 Å². The highest BCUT2D eigenvalue weighted by Gasteiger charge is 2.21. The summed E-state index contributed by atoms with van der Waals surface area (Å²) in [5, 5.41) is 2.78. The second-order valence-corrected chi connectivity index (χ2v) is 7.58. The van der Waals surface area contributed by atoms with Gasteiger partial charge in [-0.15, -0.1) is 0 Å². The van der Waals surface area contributed by atoms with Gasteiger partial charge in [-0.05, 0) is 25.2 Å². The number of carbonyl (C=O) groups excluding carboxylic acids is 2. The second kappa shape index (κ2) is 13.3. The number of aromatic nitrogens is 1. The Morgan fingerprint density at radius 2 is 1.93 bits per heavy atom. The summed E-state index contributed by atoms with van der Waals surface area (Å²) in [4.78, 5) is 30.9. The van der Waals surface area contributed by atoms with Crippen LogP contribution in [0, 0.1) is 5.92 Å². The number of methoxy groups -OCH3 is 2. The third-order valence-corrected chi connectivity index (χ3v) is 5.29. The molecule has 1 heterocycles. The van der Waals surface area contributed by atoms with Crippen LogP contribution in [0.5, 0.6) is 0 Å². The molecule has 0 bridgehead atoms. The predicted molar refractivity (Wildman–Crippen MR) is 108 cm³/mol. The molecule has 0 atom stereocenters. The van der Waals surface area contributed by atoms with E-state index < -0.39 is 0 Å². The van der Waals surface area contributed by atoms with Gasteiger partial charge in [0, 0.05) is 46.9 Å². The van der Waals surface area contributed by atoms with Gasteiger partial charge >= 0.3 is 0 Å². The van der Waals surface area contributed by atoms with Crippen molar-refractivity contribution in [2.45, 2.75) is 57.9 Å². The normalized spacial score (nSPS) is 14.3. The molecule has 1 saturated carbocycles. The summed E-state index contributed by atoms with van der Waals surface area (Å²) in [6.45, 7) is 2.54. The number of hydrogen-bond donors (Lipinski definition) is 1. The number of nitrogens with zero attached hydrogens (tertiary/aromatic N) is 2. The van der Waals surface area contributed by atoms with Gasteiger partial charge in [0.1, 0.15) is 6.26 Å². The van der Waals surface area contributed by atoms with Gasteiger partial charge < -0.3 is 24.1 Å². The van der Waals surface area contributed by atoms with Crippen molar-refractivity contribution in [3.8, 4) is 0 Å². The van der Waals surface area contributed by atoms with Gasteiger partial charge in [0.2, 0.25) is 11.8 Å². The Balaban J connectivity index is 1.87. The van der Waals surface area contributed by atoms with Crippen LogP contribution in [0.15, 0.2) is 10.7 Å². The van der Waals surface area contributed by atoms with Crippen molar-refractivity contribution in [1.82, 2.24) is 15.2 Å². The first-order valence-electron chi connectivity index (χ1n) is 10.6. The van der Waals surface area contributed by atoms with Crippen molar-refractivity contribution < 1.29 is 23.5 Å². The van der Waals surface area contributed by atoms with Gasteiger partial charge in [0.25, 0.3) is 5.91 Å². The van der Waals surface area contributed by atoms with Crippen molar-refractivity contribution in [2.24, 2.45) is 5.92 Å². The number of oxazole rings is 1. The minimum atomic E-state index is -0.283. The highest BCUT2D eigenvalue weighted by Crippen LogP contribution is 2.28. The zero-order valence-electron chi connectivity index (χ0n) is 17.8. The standard InChI is InChI=1S/C21H35N3O5/c1-27-13-5-11-22-21(26)18-16-29-19(23-18)15-24(12-6-14-28-2)20(25)10-9-17-7-3-4-8-17/h16-17H,3-15H2,1-2H3,(H,22,26). The number of nitrogens with one attached hydrogen (secondary N) is 1. The highest BCUT2D eigenvalue weighted by molar-refractivity contribution is 5.91. The molecule has 0 aliphatic heterocycles. The van der Waals surface area contributed by atoms with Crippen molar-refractivity contribution in [1.29, 1.82) is 0 Å². The first-order chi connectivity index (χ1) is 14.1. The largest absolute Gasteiger partial charge is 0.446 e. The van der Waals surface area contributed by atoms with Crippen LogP contribution in [-0.2, 0) is 20.8 Å². The maximum atomic E-state index is 12.8. The fourth-order valence-electron chi connectivity index (χ4n) is 3.64. The second-order valence-electron chi connectivity index (χ2n) is 7.58. The summed E-state index contributed by atoms with van der Waals surface area (Å²) in [7, 11) is 3.27. The van der Waals surface area contributed by atoms with Gasteiger partial charge in [-0.25, -0.2) is 4.98 Å². The molecule has 1 aliphatic carbocycles. The summed E-state index contributed by atoms with van der Waals surface area (Å²) in [6, 6.07) is 0. The molecule has 2 rings (SSSR count). The van der Waals surface area contributed by atoms with Crippen molar-refractivity contribution in [3.05, 3.63) is 17.8 Å². The molecule has 0 aromatic carbocycles. The zero-order valence-corrected chi connectivity index (χ0v) is 17.8. The van der Waals surface area contributed by atoms with Crippen LogP contribution in [0.25, 0.3) is 0 Å². The predicted octanol–water partition coefficient (Wildman–Crippen LogP) is 2.78. The number of carbonyl (C=O) groups is 2. The quantitative estimate of drug-likeness (QED) is 0.475. The minimum absolute atomic E-state index is 0.108. The Hall–Kier alpha value is -1.93. The molecule has 1 N–H and O–H groups in total. The molecule has 0 spiro atoms. The van der Waals surface area contributed by atoms with Crippen molar-refractivity contribution >= 4 is 11.8 Å². The van der Waals surface area contributed by atoms with Gasteiger partial charge in [0.05, 0.1) is 6.54 Å². The molecule has 1 fully saturated rings. The smallest absolute Gasteiger partial charge is 0.273 e. The van der Waals surface area contributed by atoms with Crippen LogP contribution in [0.4, 0.5) is 0 Å². The van der Waals surface area contributed by atoms with E-state index in [9.17, 15) is 9.59 Å². The third-order valence-electron chi connectivity index (χ3n) is 5.29. The lowest BCUT2D eigenvalue weighted by atomic mass is 10.0. The van der Waals surface area contributed by atoms with Crippen LogP contribution >= 0.6 is 0 Å². The van der Waals surface area contributed by atoms with E-state index in [2.05, 4.69) is 10.3 Å². The summed E-state index contributed by atoms with van der Waals surface area (Å²) >= 11 is 0. The molecule has 8 heteroatoms. The van der Waals surface area contributed by atoms with Crippen molar-refractivity contribution in [3.63, 3.8) is 0 Å². The number of amides is 2. The van der Waals surface area contributed by atoms with Gasteiger partial charge in [0.15, 0.2) is 5.69 Å². The van der Waals surface area contributed by atoms with Crippen molar-refractivity contribution in [2.75, 3.05) is 40.5 Å². The molecular formula is C21H35N3O5. The topological polar surface area (TPSA) is 93.9 Å². The molecule has 2 amide bonds. The van der Waals surface area contributed by atoms with Gasteiger partial charge in [-0.3, -0.25) is 9.59 Å². The number of hydrogen-bond acceptors (Lipinski definition) is 6. The molecule has 0 unspecified atom stereocenters. The maximum Gasteiger partial charge on any atom is 0.273 e. The molecule has 1 aromatic heterocycles. The SMILES string of the molecule is COCCCNC(=O)c1coc(CN(CCCOC)C(=O)CCC2CCCC2)n1. The van der Waals surface area contributed by atoms with E-state index in [0.717, 1.165) is 19.3 Å². The highest BCUT2D eigenvalue weighted by atomic mass is 16.5. The van der Waals surface area contributed by atoms with Crippen LogP contribution < -0.4 is 5.32 Å². The Morgan fingerprint density at radius 1 is 1.21 bits per heavy atom. The summed E-state index contributed by atoms with van der Waals surface area (Å²) < 4.78 is 15.5. The number of rotatable bonds is 14. The van der Waals surface area contributed by atoms with E-state index in [1.165, 1.54) is 31.9 Å². The zero-order chi connectivity index (χ0) is 20.9. The molecule has 29 heavy (non-hydrogen) atoms. The lowest BCUT2D eigenvalue weighted by Crippen LogP contribution is -2.32. The monoisotopic (exact) mass is 409 g/mol. The molecule has 8 nitrogen and oxygen atoms in total. The summed E-state index contributed by atoms with van der Waals surface area (Å²) in [6.07, 6.45) is 9.35. The summed E-state index contributed by atoms with van der Waals surface area (Å²) in [5.41, 5.74) is 0.229. The van der Waals surface area contributed by atoms with Crippen LogP contribution in [0.3, 0.4) is 0 Å². The van der Waals surface area contributed by atoms with E-state index in [1.54, 1.807) is 19.1 Å². The molecule has 164 valence electrons. The van der Waals surface area contributed by atoms with Crippen LogP contribution in [0.2, 0.25) is 0 Å². The molecule has 1 aliphatic rings. The molecule has 1 aromatic rings. The number of ether oxygens (including phenoxy) is 2. The third kappa shape index (κ3) is 8.53. The fraction of sp³-hybridized carbons (Fsp3) is 0.762. The lowest BCUT2D eigenvalue weighted by Gasteiger charge is -2.22. The minimum Gasteiger partial charge on any atom is -0.446 e. The average Bonchev–Trinajstić information content (AvgIpc) is 3.40. The van der Waals surface area contributed by atoms with Crippen LogP contribution in [0.1, 0.15) is 67.7 Å². The first-order valence-corrected chi connectivity index (χ1v) is 10.6. The lowest BCUT2D eigenvalue weighted by molar-refractivity contribution is -0.132. The Bertz CT molecular complexity index is 613. The maximum absolute atomic E-state index is 12.8. The van der Waals surface area contributed by atoms with Gasteiger partial charge in [-0.2, -0.15) is 0 Å². The molecule has 0 radical (unpaired) electrons. The first kappa shape index (κ1) is 23.3. The molecule has 0 saturated heterocycles. The Kier molecular flexibility index (Phi) is 10.7. The Morgan fingerprint density at radius 3 is 2.66 bits per heavy atom. The van der Waals surface area contributed by atoms with E-state index >= 15 is 0 Å². The van der Waals surface area contributed by atoms with E-state index in [-0.39, 0.29) is 24.1 Å². The fourth-order valence-corrected chi connectivity index (χ4v) is 3.64.